The number of para-hydroxylation sites is 1. The number of anilines is 1. The Morgan fingerprint density at radius 1 is 1.07 bits per heavy atom. The Bertz CT molecular complexity index is 1090. The summed E-state index contributed by atoms with van der Waals surface area (Å²) in [6.07, 6.45) is 0. The van der Waals surface area contributed by atoms with Gasteiger partial charge in [0.2, 0.25) is 0 Å². The molecule has 0 bridgehead atoms. The van der Waals surface area contributed by atoms with Gasteiger partial charge in [-0.1, -0.05) is 24.3 Å². The van der Waals surface area contributed by atoms with E-state index in [9.17, 15) is 13.2 Å². The number of hydrogen-bond acceptors (Lipinski definition) is 5. The minimum Gasteiger partial charge on any atom is -0.465 e. The third-order valence-corrected chi connectivity index (χ3v) is 5.66. The molecule has 0 aliphatic heterocycles. The molecule has 0 saturated carbocycles. The van der Waals surface area contributed by atoms with E-state index in [0.29, 0.717) is 11.4 Å². The van der Waals surface area contributed by atoms with Crippen molar-refractivity contribution in [3.8, 4) is 5.69 Å². The summed E-state index contributed by atoms with van der Waals surface area (Å²) >= 11 is 0. The van der Waals surface area contributed by atoms with Gasteiger partial charge in [0.1, 0.15) is 4.90 Å². The molecular formula is C19H19N3O4S. The lowest BCUT2D eigenvalue weighted by Gasteiger charge is -2.10. The molecule has 0 radical (unpaired) electrons. The van der Waals surface area contributed by atoms with Gasteiger partial charge in [0.05, 0.1) is 29.7 Å². The monoisotopic (exact) mass is 385 g/mol. The van der Waals surface area contributed by atoms with Crippen molar-refractivity contribution < 1.29 is 17.9 Å². The lowest BCUT2D eigenvalue weighted by atomic mass is 10.2. The largest absolute Gasteiger partial charge is 0.465 e. The lowest BCUT2D eigenvalue weighted by Crippen LogP contribution is -2.15. The maximum atomic E-state index is 13.0. The molecule has 1 N–H and O–H groups in total. The fourth-order valence-electron chi connectivity index (χ4n) is 2.87. The van der Waals surface area contributed by atoms with E-state index in [1.54, 1.807) is 36.7 Å². The zero-order chi connectivity index (χ0) is 19.6. The van der Waals surface area contributed by atoms with Crippen LogP contribution in [0.2, 0.25) is 0 Å². The molecule has 0 amide bonds. The van der Waals surface area contributed by atoms with Crippen LogP contribution in [0, 0.1) is 13.8 Å². The summed E-state index contributed by atoms with van der Waals surface area (Å²) in [5.41, 5.74) is 2.17. The molecule has 0 saturated heterocycles. The summed E-state index contributed by atoms with van der Waals surface area (Å²) < 4.78 is 34.7. The number of nitrogens with zero attached hydrogens (tertiary/aromatic N) is 2. The highest BCUT2D eigenvalue weighted by atomic mass is 32.2. The van der Waals surface area contributed by atoms with E-state index < -0.39 is 16.0 Å². The summed E-state index contributed by atoms with van der Waals surface area (Å²) in [6, 6.07) is 15.4. The molecule has 0 aliphatic carbocycles. The van der Waals surface area contributed by atoms with E-state index in [2.05, 4.69) is 14.6 Å². The van der Waals surface area contributed by atoms with Crippen molar-refractivity contribution in [1.29, 1.82) is 0 Å². The van der Waals surface area contributed by atoms with Crippen LogP contribution in [-0.2, 0) is 14.8 Å². The van der Waals surface area contributed by atoms with E-state index in [4.69, 9.17) is 0 Å². The summed E-state index contributed by atoms with van der Waals surface area (Å²) in [7, 11) is -2.63. The molecule has 1 aromatic heterocycles. The molecule has 0 aliphatic rings. The molecule has 2 aromatic carbocycles. The van der Waals surface area contributed by atoms with Gasteiger partial charge in [-0.15, -0.1) is 0 Å². The van der Waals surface area contributed by atoms with Gasteiger partial charge < -0.3 is 4.74 Å². The van der Waals surface area contributed by atoms with Crippen LogP contribution in [0.15, 0.2) is 59.5 Å². The predicted molar refractivity (Wildman–Crippen MR) is 102 cm³/mol. The number of aromatic nitrogens is 2. The van der Waals surface area contributed by atoms with Gasteiger partial charge in [-0.2, -0.15) is 5.10 Å². The molecule has 0 spiro atoms. The summed E-state index contributed by atoms with van der Waals surface area (Å²) in [6.45, 7) is 3.35. The average molecular weight is 385 g/mol. The number of ether oxygens (including phenoxy) is 1. The van der Waals surface area contributed by atoms with Crippen LogP contribution < -0.4 is 4.72 Å². The Morgan fingerprint density at radius 2 is 1.78 bits per heavy atom. The molecule has 7 nitrogen and oxygen atoms in total. The number of rotatable bonds is 5. The number of nitrogens with one attached hydrogen (secondary N) is 1. The first-order valence-corrected chi connectivity index (χ1v) is 9.64. The first-order chi connectivity index (χ1) is 12.8. The Labute approximate surface area is 157 Å². The van der Waals surface area contributed by atoms with E-state index in [1.807, 2.05) is 30.3 Å². The smallest absolute Gasteiger partial charge is 0.337 e. The van der Waals surface area contributed by atoms with Gasteiger partial charge >= 0.3 is 5.97 Å². The molecular weight excluding hydrogens is 366 g/mol. The third-order valence-electron chi connectivity index (χ3n) is 4.03. The van der Waals surface area contributed by atoms with Crippen molar-refractivity contribution in [2.45, 2.75) is 18.7 Å². The van der Waals surface area contributed by atoms with Crippen LogP contribution in [0.4, 0.5) is 5.69 Å². The van der Waals surface area contributed by atoms with Crippen LogP contribution >= 0.6 is 0 Å². The topological polar surface area (TPSA) is 90.3 Å². The summed E-state index contributed by atoms with van der Waals surface area (Å²) in [5, 5.41) is 4.37. The lowest BCUT2D eigenvalue weighted by molar-refractivity contribution is 0.0601. The minimum absolute atomic E-state index is 0.106. The van der Waals surface area contributed by atoms with Crippen molar-refractivity contribution >= 4 is 21.7 Å². The van der Waals surface area contributed by atoms with Crippen LogP contribution in [0.25, 0.3) is 5.69 Å². The molecule has 27 heavy (non-hydrogen) atoms. The molecule has 140 valence electrons. The highest BCUT2D eigenvalue weighted by Crippen LogP contribution is 2.25. The maximum absolute atomic E-state index is 13.0. The SMILES string of the molecule is COC(=O)c1cccc(NS(=O)(=O)c2c(C)nn(-c3ccccc3)c2C)c1. The van der Waals surface area contributed by atoms with Crippen molar-refractivity contribution in [3.63, 3.8) is 0 Å². The van der Waals surface area contributed by atoms with E-state index in [1.165, 1.54) is 13.2 Å². The van der Waals surface area contributed by atoms with Gasteiger partial charge in [0, 0.05) is 5.69 Å². The summed E-state index contributed by atoms with van der Waals surface area (Å²) in [4.78, 5) is 11.8. The van der Waals surface area contributed by atoms with E-state index >= 15 is 0 Å². The van der Waals surface area contributed by atoms with Crippen LogP contribution in [0.5, 0.6) is 0 Å². The number of sulfonamides is 1. The van der Waals surface area contributed by atoms with Crippen molar-refractivity contribution in [3.05, 3.63) is 71.5 Å². The zero-order valence-corrected chi connectivity index (χ0v) is 15.9. The average Bonchev–Trinajstić information content (AvgIpc) is 2.96. The number of methoxy groups -OCH3 is 1. The first kappa shape index (κ1) is 18.7. The third kappa shape index (κ3) is 3.70. The fraction of sp³-hybridized carbons (Fsp3) is 0.158. The zero-order valence-electron chi connectivity index (χ0n) is 15.1. The van der Waals surface area contributed by atoms with Gasteiger partial charge in [-0.05, 0) is 44.2 Å². The van der Waals surface area contributed by atoms with E-state index in [-0.39, 0.29) is 16.1 Å². The number of carbonyl (C=O) groups excluding carboxylic acids is 1. The Hall–Kier alpha value is -3.13. The van der Waals surface area contributed by atoms with Gasteiger partial charge in [0.15, 0.2) is 0 Å². The first-order valence-electron chi connectivity index (χ1n) is 8.16. The Morgan fingerprint density at radius 3 is 2.44 bits per heavy atom. The highest BCUT2D eigenvalue weighted by Gasteiger charge is 2.25. The van der Waals surface area contributed by atoms with E-state index in [0.717, 1.165) is 5.69 Å². The molecule has 0 atom stereocenters. The maximum Gasteiger partial charge on any atom is 0.337 e. The number of carbonyl (C=O) groups is 1. The summed E-state index contributed by atoms with van der Waals surface area (Å²) in [5.74, 6) is -0.541. The molecule has 0 fully saturated rings. The number of esters is 1. The second-order valence-electron chi connectivity index (χ2n) is 5.93. The standard InChI is InChI=1S/C19H19N3O4S/c1-13-18(14(2)22(20-13)17-10-5-4-6-11-17)27(24,25)21-16-9-7-8-15(12-16)19(23)26-3/h4-12,21H,1-3H3. The van der Waals surface area contributed by atoms with Crippen LogP contribution in [0.3, 0.4) is 0 Å². The Kier molecular flexibility index (Phi) is 5.00. The van der Waals surface area contributed by atoms with Crippen molar-refractivity contribution in [2.24, 2.45) is 0 Å². The second kappa shape index (κ2) is 7.24. The van der Waals surface area contributed by atoms with Crippen molar-refractivity contribution in [2.75, 3.05) is 11.8 Å². The second-order valence-corrected chi connectivity index (χ2v) is 7.54. The van der Waals surface area contributed by atoms with Gasteiger partial charge in [0.25, 0.3) is 10.0 Å². The van der Waals surface area contributed by atoms with Crippen LogP contribution in [0.1, 0.15) is 21.7 Å². The molecule has 1 heterocycles. The number of benzene rings is 2. The Balaban J connectivity index is 1.99. The van der Waals surface area contributed by atoms with Crippen LogP contribution in [-0.4, -0.2) is 31.3 Å². The molecule has 3 rings (SSSR count). The normalized spacial score (nSPS) is 11.2. The fourth-order valence-corrected chi connectivity index (χ4v) is 4.32. The predicted octanol–water partition coefficient (Wildman–Crippen LogP) is 3.08. The minimum atomic E-state index is -3.90. The molecule has 0 unspecified atom stereocenters. The molecule has 8 heteroatoms. The van der Waals surface area contributed by atoms with Gasteiger partial charge in [-0.25, -0.2) is 17.9 Å². The van der Waals surface area contributed by atoms with Gasteiger partial charge in [-0.3, -0.25) is 4.72 Å². The number of aryl methyl sites for hydroxylation is 1. The quantitative estimate of drug-likeness (QED) is 0.682. The molecule has 3 aromatic rings. The number of hydrogen-bond donors (Lipinski definition) is 1. The van der Waals surface area contributed by atoms with Crippen molar-refractivity contribution in [1.82, 2.24) is 9.78 Å². The highest BCUT2D eigenvalue weighted by molar-refractivity contribution is 7.92.